The molecule has 2 aromatic carbocycles. The molecule has 0 spiro atoms. The summed E-state index contributed by atoms with van der Waals surface area (Å²) >= 11 is 0. The fourth-order valence-electron chi connectivity index (χ4n) is 4.38. The first kappa shape index (κ1) is 27.5. The minimum Gasteiger partial charge on any atom is -0.491 e. The molecule has 1 aliphatic rings. The summed E-state index contributed by atoms with van der Waals surface area (Å²) in [5.74, 6) is 0.511. The number of benzene rings is 2. The number of nitrogens with zero attached hydrogens (tertiary/aromatic N) is 2. The number of carbonyl (C=O) groups is 2. The van der Waals surface area contributed by atoms with Gasteiger partial charge in [0.25, 0.3) is 5.91 Å². The summed E-state index contributed by atoms with van der Waals surface area (Å²) in [6, 6.07) is 15.4. The van der Waals surface area contributed by atoms with E-state index in [2.05, 4.69) is 53.6 Å². The van der Waals surface area contributed by atoms with Crippen LogP contribution in [0.3, 0.4) is 0 Å². The normalized spacial score (nSPS) is 21.5. The van der Waals surface area contributed by atoms with Gasteiger partial charge in [0.05, 0.1) is 11.7 Å². The summed E-state index contributed by atoms with van der Waals surface area (Å²) in [6.07, 6.45) is 0.710. The van der Waals surface area contributed by atoms with Crippen molar-refractivity contribution in [2.75, 3.05) is 45.7 Å². The molecule has 8 heteroatoms. The van der Waals surface area contributed by atoms with E-state index in [1.54, 1.807) is 37.3 Å². The van der Waals surface area contributed by atoms with Gasteiger partial charge in [-0.3, -0.25) is 9.69 Å². The maximum atomic E-state index is 13.5. The van der Waals surface area contributed by atoms with Gasteiger partial charge in [0, 0.05) is 52.1 Å². The zero-order chi connectivity index (χ0) is 26.1. The van der Waals surface area contributed by atoms with Crippen molar-refractivity contribution >= 4 is 17.6 Å². The number of methoxy groups -OCH3 is 1. The minimum atomic E-state index is -0.301. The largest absolute Gasteiger partial charge is 0.491 e. The maximum absolute atomic E-state index is 13.5. The second-order valence-corrected chi connectivity index (χ2v) is 9.60. The molecule has 3 atom stereocenters. The first-order valence-electron chi connectivity index (χ1n) is 12.7. The maximum Gasteiger partial charge on any atom is 0.319 e. The third-order valence-electron chi connectivity index (χ3n) is 6.60. The molecule has 1 aliphatic heterocycles. The highest BCUT2D eigenvalue weighted by Crippen LogP contribution is 2.27. The predicted molar refractivity (Wildman–Crippen MR) is 142 cm³/mol. The molecule has 2 N–H and O–H groups in total. The summed E-state index contributed by atoms with van der Waals surface area (Å²) < 4.78 is 12.1. The molecular weight excluding hydrogens is 456 g/mol. The SMILES string of the molecule is CCCNC(=O)Nc1ccc2c(c1)C(=O)N(C)C[C@H](OC)[C@H](C)CN(Cc1ccccc1)[C@@H](C)CO2. The van der Waals surface area contributed by atoms with E-state index in [0.29, 0.717) is 36.7 Å². The third-order valence-corrected chi connectivity index (χ3v) is 6.60. The number of urea groups is 1. The summed E-state index contributed by atoms with van der Waals surface area (Å²) in [5.41, 5.74) is 2.19. The van der Waals surface area contributed by atoms with Crippen molar-refractivity contribution < 1.29 is 19.1 Å². The van der Waals surface area contributed by atoms with Gasteiger partial charge in [0.1, 0.15) is 12.4 Å². The van der Waals surface area contributed by atoms with E-state index < -0.39 is 0 Å². The molecule has 36 heavy (non-hydrogen) atoms. The Labute approximate surface area is 214 Å². The van der Waals surface area contributed by atoms with Crippen molar-refractivity contribution in [1.29, 1.82) is 0 Å². The molecule has 0 fully saturated rings. The van der Waals surface area contributed by atoms with Gasteiger partial charge in [-0.2, -0.15) is 0 Å². The van der Waals surface area contributed by atoms with Crippen LogP contribution in [0.15, 0.2) is 48.5 Å². The Bertz CT molecular complexity index is 1000. The van der Waals surface area contributed by atoms with Crippen molar-refractivity contribution in [3.63, 3.8) is 0 Å². The summed E-state index contributed by atoms with van der Waals surface area (Å²) in [6.45, 7) is 9.34. The number of ether oxygens (including phenoxy) is 2. The van der Waals surface area contributed by atoms with E-state index in [9.17, 15) is 9.59 Å². The van der Waals surface area contributed by atoms with Gasteiger partial charge in [-0.05, 0) is 43.0 Å². The van der Waals surface area contributed by atoms with E-state index in [1.165, 1.54) is 5.56 Å². The Morgan fingerprint density at radius 2 is 1.89 bits per heavy atom. The standard InChI is InChI=1S/C28H40N4O4/c1-6-14-29-28(34)30-23-12-13-25-24(15-23)27(33)31(4)18-26(35-5)20(2)16-32(21(3)19-36-25)17-22-10-8-7-9-11-22/h7-13,15,20-21,26H,6,14,16-19H2,1-5H3,(H2,29,30,34)/t20-,21+,26+/m1/s1. The number of rotatable bonds is 6. The van der Waals surface area contributed by atoms with Crippen LogP contribution in [0.4, 0.5) is 10.5 Å². The number of hydrogen-bond donors (Lipinski definition) is 2. The van der Waals surface area contributed by atoms with Gasteiger partial charge in [-0.1, -0.05) is 44.2 Å². The molecule has 0 aromatic heterocycles. The lowest BCUT2D eigenvalue weighted by Crippen LogP contribution is -2.46. The summed E-state index contributed by atoms with van der Waals surface area (Å²) in [5, 5.41) is 5.60. The van der Waals surface area contributed by atoms with Crippen LogP contribution in [0.5, 0.6) is 5.75 Å². The number of carbonyl (C=O) groups excluding carboxylic acids is 2. The van der Waals surface area contributed by atoms with Gasteiger partial charge < -0.3 is 25.0 Å². The quantitative estimate of drug-likeness (QED) is 0.626. The van der Waals surface area contributed by atoms with Gasteiger partial charge >= 0.3 is 6.03 Å². The van der Waals surface area contributed by atoms with E-state index in [0.717, 1.165) is 19.5 Å². The van der Waals surface area contributed by atoms with Gasteiger partial charge in [0.2, 0.25) is 0 Å². The number of hydrogen-bond acceptors (Lipinski definition) is 5. The molecule has 0 aliphatic carbocycles. The molecular formula is C28H40N4O4. The Balaban J connectivity index is 1.89. The van der Waals surface area contributed by atoms with Crippen LogP contribution >= 0.6 is 0 Å². The first-order chi connectivity index (χ1) is 17.3. The van der Waals surface area contributed by atoms with E-state index >= 15 is 0 Å². The second kappa shape index (κ2) is 13.3. The Morgan fingerprint density at radius 3 is 2.58 bits per heavy atom. The lowest BCUT2D eigenvalue weighted by molar-refractivity contribution is 0.00921. The second-order valence-electron chi connectivity index (χ2n) is 9.60. The zero-order valence-corrected chi connectivity index (χ0v) is 22.1. The molecule has 2 aromatic rings. The van der Waals surface area contributed by atoms with Crippen LogP contribution in [0.2, 0.25) is 0 Å². The number of anilines is 1. The zero-order valence-electron chi connectivity index (χ0n) is 22.1. The van der Waals surface area contributed by atoms with Gasteiger partial charge in [0.15, 0.2) is 0 Å². The number of likely N-dealkylation sites (N-methyl/N-ethyl adjacent to an activating group) is 1. The summed E-state index contributed by atoms with van der Waals surface area (Å²) in [4.78, 5) is 29.7. The highest BCUT2D eigenvalue weighted by Gasteiger charge is 2.28. The van der Waals surface area contributed by atoms with Crippen molar-refractivity contribution in [1.82, 2.24) is 15.1 Å². The van der Waals surface area contributed by atoms with E-state index in [-0.39, 0.29) is 30.0 Å². The minimum absolute atomic E-state index is 0.0999. The van der Waals surface area contributed by atoms with E-state index in [4.69, 9.17) is 9.47 Å². The topological polar surface area (TPSA) is 83.1 Å². The predicted octanol–water partition coefficient (Wildman–Crippen LogP) is 4.22. The monoisotopic (exact) mass is 496 g/mol. The molecule has 0 bridgehead atoms. The Kier molecular flexibility index (Phi) is 10.1. The average molecular weight is 497 g/mol. The van der Waals surface area contributed by atoms with E-state index in [1.807, 2.05) is 13.0 Å². The number of amides is 3. The lowest BCUT2D eigenvalue weighted by atomic mass is 10.0. The van der Waals surface area contributed by atoms with Crippen molar-refractivity contribution in [2.24, 2.45) is 5.92 Å². The highest BCUT2D eigenvalue weighted by atomic mass is 16.5. The van der Waals surface area contributed by atoms with Crippen LogP contribution in [-0.2, 0) is 11.3 Å². The fraction of sp³-hybridized carbons (Fsp3) is 0.500. The molecule has 196 valence electrons. The molecule has 3 amide bonds. The highest BCUT2D eigenvalue weighted by molar-refractivity contribution is 5.99. The molecule has 0 saturated heterocycles. The van der Waals surface area contributed by atoms with Crippen molar-refractivity contribution in [3.05, 3.63) is 59.7 Å². The van der Waals surface area contributed by atoms with Gasteiger partial charge in [-0.25, -0.2) is 4.79 Å². The molecule has 1 heterocycles. The molecule has 0 saturated carbocycles. The van der Waals surface area contributed by atoms with Crippen LogP contribution in [-0.4, -0.2) is 74.3 Å². The van der Waals surface area contributed by atoms with Crippen LogP contribution in [0, 0.1) is 5.92 Å². The average Bonchev–Trinajstić information content (AvgIpc) is 2.88. The van der Waals surface area contributed by atoms with Crippen LogP contribution < -0.4 is 15.4 Å². The molecule has 0 unspecified atom stereocenters. The summed E-state index contributed by atoms with van der Waals surface area (Å²) in [7, 11) is 3.47. The third kappa shape index (κ3) is 7.45. The first-order valence-corrected chi connectivity index (χ1v) is 12.7. The number of fused-ring (bicyclic) bond motifs is 1. The molecule has 8 nitrogen and oxygen atoms in total. The van der Waals surface area contributed by atoms with Crippen molar-refractivity contribution in [2.45, 2.75) is 45.9 Å². The van der Waals surface area contributed by atoms with Crippen molar-refractivity contribution in [3.8, 4) is 5.75 Å². The Hall–Kier alpha value is -3.10. The lowest BCUT2D eigenvalue weighted by Gasteiger charge is -2.36. The smallest absolute Gasteiger partial charge is 0.319 e. The molecule has 3 rings (SSSR count). The Morgan fingerprint density at radius 1 is 1.14 bits per heavy atom. The fourth-order valence-corrected chi connectivity index (χ4v) is 4.38. The molecule has 0 radical (unpaired) electrons. The van der Waals surface area contributed by atoms with Gasteiger partial charge in [-0.15, -0.1) is 0 Å². The van der Waals surface area contributed by atoms with Crippen LogP contribution in [0.25, 0.3) is 0 Å². The number of nitrogens with one attached hydrogen (secondary N) is 2. The van der Waals surface area contributed by atoms with Crippen LogP contribution in [0.1, 0.15) is 43.1 Å².